The van der Waals surface area contributed by atoms with Crippen molar-refractivity contribution in [3.05, 3.63) is 46.3 Å². The highest BCUT2D eigenvalue weighted by atomic mass is 19.4. The SMILES string of the molecule is Cc1c(Oc2ccc3c(c2)CCC3)nn2c(C(F)(F)F)nnc2c1C. The largest absolute Gasteiger partial charge is 0.453 e. The number of nitrogens with zero attached hydrogens (tertiary/aromatic N) is 4. The number of benzene rings is 1. The molecule has 0 unspecified atom stereocenters. The van der Waals surface area contributed by atoms with E-state index in [4.69, 9.17) is 4.74 Å². The molecule has 0 bridgehead atoms. The summed E-state index contributed by atoms with van der Waals surface area (Å²) >= 11 is 0. The Morgan fingerprint density at radius 2 is 1.80 bits per heavy atom. The van der Waals surface area contributed by atoms with Crippen LogP contribution in [0.2, 0.25) is 0 Å². The van der Waals surface area contributed by atoms with Crippen molar-refractivity contribution in [3.63, 3.8) is 0 Å². The number of alkyl halides is 3. The van der Waals surface area contributed by atoms with Gasteiger partial charge in [0.15, 0.2) is 5.65 Å². The lowest BCUT2D eigenvalue weighted by Gasteiger charge is -2.12. The van der Waals surface area contributed by atoms with Crippen molar-refractivity contribution in [2.75, 3.05) is 0 Å². The van der Waals surface area contributed by atoms with Crippen molar-refractivity contribution in [2.24, 2.45) is 0 Å². The van der Waals surface area contributed by atoms with Gasteiger partial charge in [0, 0.05) is 11.1 Å². The van der Waals surface area contributed by atoms with E-state index in [1.165, 1.54) is 11.1 Å². The number of fused-ring (bicyclic) bond motifs is 2. The summed E-state index contributed by atoms with van der Waals surface area (Å²) in [6.07, 6.45) is -1.50. The van der Waals surface area contributed by atoms with Crippen molar-refractivity contribution < 1.29 is 17.9 Å². The predicted octanol–water partition coefficient (Wildman–Crippen LogP) is 4.04. The second kappa shape index (κ2) is 5.44. The van der Waals surface area contributed by atoms with Gasteiger partial charge in [-0.1, -0.05) is 6.07 Å². The molecule has 130 valence electrons. The summed E-state index contributed by atoms with van der Waals surface area (Å²) in [6.45, 7) is 3.42. The minimum absolute atomic E-state index is 0.0751. The Kier molecular flexibility index (Phi) is 3.45. The van der Waals surface area contributed by atoms with Crippen LogP contribution in [0.25, 0.3) is 5.65 Å². The standard InChI is InChI=1S/C17H15F3N4O/c1-9-10(2)15(23-24-14(9)21-22-16(24)17(18,19)20)25-13-7-6-11-4-3-5-12(11)8-13/h6-8H,3-5H2,1-2H3. The Bertz CT molecular complexity index is 978. The van der Waals surface area contributed by atoms with Gasteiger partial charge in [0.1, 0.15) is 5.75 Å². The molecule has 1 aromatic carbocycles. The summed E-state index contributed by atoms with van der Waals surface area (Å²) in [5.41, 5.74) is 3.77. The number of hydrogen-bond acceptors (Lipinski definition) is 4. The molecule has 8 heteroatoms. The van der Waals surface area contributed by atoms with Crippen molar-refractivity contribution in [2.45, 2.75) is 39.3 Å². The van der Waals surface area contributed by atoms with E-state index >= 15 is 0 Å². The maximum absolute atomic E-state index is 13.1. The number of aryl methyl sites for hydroxylation is 3. The Labute approximate surface area is 141 Å². The zero-order valence-corrected chi connectivity index (χ0v) is 13.7. The van der Waals surface area contributed by atoms with Crippen LogP contribution in [0, 0.1) is 13.8 Å². The minimum Gasteiger partial charge on any atom is -0.437 e. The second-order valence-electron chi connectivity index (χ2n) is 6.20. The Balaban J connectivity index is 1.80. The fourth-order valence-corrected chi connectivity index (χ4v) is 3.10. The van der Waals surface area contributed by atoms with Gasteiger partial charge < -0.3 is 4.74 Å². The van der Waals surface area contributed by atoms with Gasteiger partial charge in [-0.3, -0.25) is 0 Å². The number of ether oxygens (including phenoxy) is 1. The monoisotopic (exact) mass is 348 g/mol. The number of hydrogen-bond donors (Lipinski definition) is 0. The summed E-state index contributed by atoms with van der Waals surface area (Å²) in [7, 11) is 0. The highest BCUT2D eigenvalue weighted by Crippen LogP contribution is 2.33. The van der Waals surface area contributed by atoms with Gasteiger partial charge in [0.25, 0.3) is 5.82 Å². The van der Waals surface area contributed by atoms with Crippen LogP contribution in [-0.2, 0) is 19.0 Å². The van der Waals surface area contributed by atoms with E-state index < -0.39 is 12.0 Å². The number of aromatic nitrogens is 4. The van der Waals surface area contributed by atoms with Crippen molar-refractivity contribution in [1.82, 2.24) is 19.8 Å². The average molecular weight is 348 g/mol. The van der Waals surface area contributed by atoms with Crippen LogP contribution in [-0.4, -0.2) is 19.8 Å². The van der Waals surface area contributed by atoms with Gasteiger partial charge in [-0.2, -0.15) is 17.7 Å². The van der Waals surface area contributed by atoms with Crippen LogP contribution in [0.15, 0.2) is 18.2 Å². The lowest BCUT2D eigenvalue weighted by molar-refractivity contribution is -0.146. The highest BCUT2D eigenvalue weighted by Gasteiger charge is 2.38. The highest BCUT2D eigenvalue weighted by molar-refractivity contribution is 5.53. The summed E-state index contributed by atoms with van der Waals surface area (Å²) in [5.74, 6) is -0.478. The van der Waals surface area contributed by atoms with Crippen molar-refractivity contribution in [3.8, 4) is 11.6 Å². The van der Waals surface area contributed by atoms with E-state index in [0.29, 0.717) is 21.4 Å². The van der Waals surface area contributed by atoms with Gasteiger partial charge in [-0.15, -0.1) is 15.3 Å². The summed E-state index contributed by atoms with van der Waals surface area (Å²) < 4.78 is 45.8. The summed E-state index contributed by atoms with van der Waals surface area (Å²) in [6, 6.07) is 5.75. The zero-order chi connectivity index (χ0) is 17.8. The van der Waals surface area contributed by atoms with Gasteiger partial charge >= 0.3 is 6.18 Å². The lowest BCUT2D eigenvalue weighted by atomic mass is 10.1. The van der Waals surface area contributed by atoms with Gasteiger partial charge in [-0.25, -0.2) is 0 Å². The van der Waals surface area contributed by atoms with Crippen LogP contribution >= 0.6 is 0 Å². The van der Waals surface area contributed by atoms with Crippen LogP contribution in [0.3, 0.4) is 0 Å². The molecule has 5 nitrogen and oxygen atoms in total. The molecule has 0 radical (unpaired) electrons. The quantitative estimate of drug-likeness (QED) is 0.701. The van der Waals surface area contributed by atoms with Gasteiger partial charge in [0.05, 0.1) is 0 Å². The van der Waals surface area contributed by atoms with E-state index in [0.717, 1.165) is 19.3 Å². The average Bonchev–Trinajstić information content (AvgIpc) is 3.17. The third kappa shape index (κ3) is 2.61. The second-order valence-corrected chi connectivity index (χ2v) is 6.20. The molecule has 0 saturated heterocycles. The van der Waals surface area contributed by atoms with E-state index in [2.05, 4.69) is 15.3 Å². The Hall–Kier alpha value is -2.64. The van der Waals surface area contributed by atoms with Crippen LogP contribution < -0.4 is 4.74 Å². The Morgan fingerprint density at radius 1 is 1.04 bits per heavy atom. The molecule has 1 aliphatic rings. The first-order chi connectivity index (χ1) is 11.8. The minimum atomic E-state index is -4.64. The normalized spacial score (nSPS) is 14.1. The molecule has 2 aromatic heterocycles. The number of halogens is 3. The molecule has 0 N–H and O–H groups in total. The lowest BCUT2D eigenvalue weighted by Crippen LogP contribution is -2.13. The van der Waals surface area contributed by atoms with Gasteiger partial charge in [-0.05, 0) is 56.4 Å². The molecule has 0 spiro atoms. The molecular formula is C17H15F3N4O. The van der Waals surface area contributed by atoms with Crippen LogP contribution in [0.4, 0.5) is 13.2 Å². The molecule has 1 aliphatic carbocycles. The zero-order valence-electron chi connectivity index (χ0n) is 13.7. The number of rotatable bonds is 2. The van der Waals surface area contributed by atoms with Gasteiger partial charge in [0.2, 0.25) is 5.88 Å². The summed E-state index contributed by atoms with van der Waals surface area (Å²) in [4.78, 5) is 0. The molecule has 0 aliphatic heterocycles. The van der Waals surface area contributed by atoms with E-state index in [1.807, 2.05) is 18.2 Å². The fourth-order valence-electron chi connectivity index (χ4n) is 3.10. The molecule has 0 atom stereocenters. The Morgan fingerprint density at radius 3 is 2.56 bits per heavy atom. The fraction of sp³-hybridized carbons (Fsp3) is 0.353. The maximum atomic E-state index is 13.1. The molecule has 2 heterocycles. The van der Waals surface area contributed by atoms with E-state index in [9.17, 15) is 13.2 Å². The summed E-state index contributed by atoms with van der Waals surface area (Å²) in [5, 5.41) is 10.8. The van der Waals surface area contributed by atoms with E-state index in [1.54, 1.807) is 13.8 Å². The topological polar surface area (TPSA) is 52.3 Å². The van der Waals surface area contributed by atoms with Crippen LogP contribution in [0.5, 0.6) is 11.6 Å². The maximum Gasteiger partial charge on any atom is 0.453 e. The van der Waals surface area contributed by atoms with Crippen LogP contribution in [0.1, 0.15) is 34.5 Å². The molecule has 4 rings (SSSR count). The molecular weight excluding hydrogens is 333 g/mol. The predicted molar refractivity (Wildman–Crippen MR) is 83.8 cm³/mol. The molecule has 0 fully saturated rings. The van der Waals surface area contributed by atoms with Crippen molar-refractivity contribution in [1.29, 1.82) is 0 Å². The molecule has 0 amide bonds. The first-order valence-electron chi connectivity index (χ1n) is 7.94. The first-order valence-corrected chi connectivity index (χ1v) is 7.94. The smallest absolute Gasteiger partial charge is 0.437 e. The first kappa shape index (κ1) is 15.9. The third-order valence-corrected chi connectivity index (χ3v) is 4.59. The molecule has 25 heavy (non-hydrogen) atoms. The van der Waals surface area contributed by atoms with Crippen molar-refractivity contribution >= 4 is 5.65 Å². The third-order valence-electron chi connectivity index (χ3n) is 4.59. The molecule has 0 saturated carbocycles. The molecule has 3 aromatic rings. The van der Waals surface area contributed by atoms with E-state index in [-0.39, 0.29) is 11.5 Å².